The first-order chi connectivity index (χ1) is 5.61. The van der Waals surface area contributed by atoms with Crippen LogP contribution in [0.5, 0.6) is 0 Å². The number of hydrogen-bond acceptors (Lipinski definition) is 2. The number of rotatable bonds is 0. The van der Waals surface area contributed by atoms with Gasteiger partial charge in [0.05, 0.1) is 0 Å². The molecule has 64 valence electrons. The van der Waals surface area contributed by atoms with Gasteiger partial charge in [-0.3, -0.25) is 4.98 Å². The molecule has 3 heteroatoms. The number of fused-ring (bicyclic) bond motifs is 1. The third-order valence-electron chi connectivity index (χ3n) is 2.51. The predicted octanol–water partition coefficient (Wildman–Crippen LogP) is 1.96. The van der Waals surface area contributed by atoms with E-state index in [4.69, 9.17) is 5.73 Å². The second kappa shape index (κ2) is 2.54. The molecule has 0 aliphatic heterocycles. The van der Waals surface area contributed by atoms with Crippen molar-refractivity contribution in [2.45, 2.75) is 25.3 Å². The van der Waals surface area contributed by atoms with Crippen LogP contribution < -0.4 is 5.73 Å². The van der Waals surface area contributed by atoms with Crippen LogP contribution in [0.3, 0.4) is 0 Å². The molecule has 2 rings (SSSR count). The van der Waals surface area contributed by atoms with Gasteiger partial charge in [0, 0.05) is 22.4 Å². The zero-order valence-corrected chi connectivity index (χ0v) is 8.56. The van der Waals surface area contributed by atoms with Crippen molar-refractivity contribution in [1.29, 1.82) is 0 Å². The van der Waals surface area contributed by atoms with E-state index in [1.54, 1.807) is 0 Å². The van der Waals surface area contributed by atoms with Crippen LogP contribution in [0.25, 0.3) is 0 Å². The van der Waals surface area contributed by atoms with Gasteiger partial charge in [-0.15, -0.1) is 0 Å². The Balaban J connectivity index is 2.61. The third-order valence-corrected chi connectivity index (χ3v) is 3.20. The molecule has 0 aromatic carbocycles. The van der Waals surface area contributed by atoms with Crippen molar-refractivity contribution in [3.05, 3.63) is 28.0 Å². The minimum absolute atomic E-state index is 0.174. The van der Waals surface area contributed by atoms with Gasteiger partial charge in [0.15, 0.2) is 0 Å². The lowest BCUT2D eigenvalue weighted by Crippen LogP contribution is -2.29. The average Bonchev–Trinajstić information content (AvgIpc) is 2.30. The summed E-state index contributed by atoms with van der Waals surface area (Å²) in [5.41, 5.74) is 8.44. The standard InChI is InChI=1S/C9H11BrN2/c1-9(11)3-2-6-7(9)4-12-5-8(6)10/h4-5H,2-3,11H2,1H3. The van der Waals surface area contributed by atoms with Crippen LogP contribution in [0.2, 0.25) is 0 Å². The normalized spacial score (nSPS) is 27.2. The first-order valence-corrected chi connectivity index (χ1v) is 4.82. The fourth-order valence-corrected chi connectivity index (χ4v) is 2.26. The lowest BCUT2D eigenvalue weighted by molar-refractivity contribution is 0.491. The van der Waals surface area contributed by atoms with Crippen LogP contribution >= 0.6 is 15.9 Å². The highest BCUT2D eigenvalue weighted by atomic mass is 79.9. The molecule has 1 aliphatic carbocycles. The van der Waals surface area contributed by atoms with Gasteiger partial charge in [0.1, 0.15) is 0 Å². The lowest BCUT2D eigenvalue weighted by atomic mass is 9.98. The zero-order valence-electron chi connectivity index (χ0n) is 6.97. The Labute approximate surface area is 80.3 Å². The minimum atomic E-state index is -0.174. The molecule has 2 N–H and O–H groups in total. The highest BCUT2D eigenvalue weighted by Gasteiger charge is 2.31. The van der Waals surface area contributed by atoms with Crippen LogP contribution in [0, 0.1) is 0 Å². The number of pyridine rings is 1. The fraction of sp³-hybridized carbons (Fsp3) is 0.444. The molecule has 2 nitrogen and oxygen atoms in total. The molecule has 1 aromatic rings. The summed E-state index contributed by atoms with van der Waals surface area (Å²) in [5.74, 6) is 0. The molecule has 0 spiro atoms. The molecule has 0 amide bonds. The minimum Gasteiger partial charge on any atom is -0.322 e. The van der Waals surface area contributed by atoms with Crippen LogP contribution in [-0.4, -0.2) is 4.98 Å². The summed E-state index contributed by atoms with van der Waals surface area (Å²) in [7, 11) is 0. The maximum absolute atomic E-state index is 6.10. The van der Waals surface area contributed by atoms with E-state index in [1.807, 2.05) is 12.4 Å². The summed E-state index contributed by atoms with van der Waals surface area (Å²) in [6.07, 6.45) is 5.80. The second-order valence-corrected chi connectivity index (χ2v) is 4.42. The largest absolute Gasteiger partial charge is 0.322 e. The predicted molar refractivity (Wildman–Crippen MR) is 51.8 cm³/mol. The first-order valence-electron chi connectivity index (χ1n) is 4.03. The quantitative estimate of drug-likeness (QED) is 0.735. The fourth-order valence-electron chi connectivity index (χ4n) is 1.73. The van der Waals surface area contributed by atoms with Crippen molar-refractivity contribution >= 4 is 15.9 Å². The topological polar surface area (TPSA) is 38.9 Å². The van der Waals surface area contributed by atoms with Gasteiger partial charge in [-0.1, -0.05) is 0 Å². The summed E-state index contributed by atoms with van der Waals surface area (Å²) in [5, 5.41) is 0. The Kier molecular flexibility index (Phi) is 1.73. The second-order valence-electron chi connectivity index (χ2n) is 3.56. The molecule has 0 bridgehead atoms. The van der Waals surface area contributed by atoms with Crippen molar-refractivity contribution in [3.63, 3.8) is 0 Å². The Morgan fingerprint density at radius 3 is 3.00 bits per heavy atom. The molecule has 0 radical (unpaired) electrons. The molecule has 1 aliphatic rings. The van der Waals surface area contributed by atoms with E-state index >= 15 is 0 Å². The molecule has 0 fully saturated rings. The average molecular weight is 227 g/mol. The van der Waals surface area contributed by atoms with E-state index in [-0.39, 0.29) is 5.54 Å². The van der Waals surface area contributed by atoms with E-state index in [0.717, 1.165) is 17.3 Å². The maximum Gasteiger partial charge on any atom is 0.0413 e. The van der Waals surface area contributed by atoms with Crippen molar-refractivity contribution < 1.29 is 0 Å². The number of nitrogens with zero attached hydrogens (tertiary/aromatic N) is 1. The Morgan fingerprint density at radius 1 is 1.58 bits per heavy atom. The lowest BCUT2D eigenvalue weighted by Gasteiger charge is -2.18. The van der Waals surface area contributed by atoms with Gasteiger partial charge >= 0.3 is 0 Å². The SMILES string of the molecule is CC1(N)CCc2c(Br)cncc21. The number of halogens is 1. The molecular weight excluding hydrogens is 216 g/mol. The van der Waals surface area contributed by atoms with E-state index in [9.17, 15) is 0 Å². The molecule has 1 heterocycles. The molecule has 1 unspecified atom stereocenters. The number of hydrogen-bond donors (Lipinski definition) is 1. The van der Waals surface area contributed by atoms with Gasteiger partial charge in [-0.25, -0.2) is 0 Å². The Hall–Kier alpha value is -0.410. The van der Waals surface area contributed by atoms with E-state index in [2.05, 4.69) is 27.8 Å². The van der Waals surface area contributed by atoms with Crippen molar-refractivity contribution in [1.82, 2.24) is 4.98 Å². The van der Waals surface area contributed by atoms with Crippen molar-refractivity contribution in [3.8, 4) is 0 Å². The van der Waals surface area contributed by atoms with Crippen molar-refractivity contribution in [2.24, 2.45) is 5.73 Å². The van der Waals surface area contributed by atoms with Gasteiger partial charge in [-0.2, -0.15) is 0 Å². The molecule has 0 saturated carbocycles. The third kappa shape index (κ3) is 1.08. The van der Waals surface area contributed by atoms with Gasteiger partial charge in [0.2, 0.25) is 0 Å². The smallest absolute Gasteiger partial charge is 0.0413 e. The number of nitrogens with two attached hydrogens (primary N) is 1. The summed E-state index contributed by atoms with van der Waals surface area (Å²) in [6.45, 7) is 2.06. The van der Waals surface area contributed by atoms with Crippen molar-refractivity contribution in [2.75, 3.05) is 0 Å². The Morgan fingerprint density at radius 2 is 2.33 bits per heavy atom. The monoisotopic (exact) mass is 226 g/mol. The highest BCUT2D eigenvalue weighted by molar-refractivity contribution is 9.10. The highest BCUT2D eigenvalue weighted by Crippen LogP contribution is 2.37. The van der Waals surface area contributed by atoms with Crippen LogP contribution in [0.4, 0.5) is 0 Å². The first kappa shape index (κ1) is 8.20. The van der Waals surface area contributed by atoms with Crippen LogP contribution in [0.15, 0.2) is 16.9 Å². The van der Waals surface area contributed by atoms with Gasteiger partial charge in [-0.05, 0) is 46.8 Å². The van der Waals surface area contributed by atoms with E-state index in [0.29, 0.717) is 0 Å². The number of aromatic nitrogens is 1. The summed E-state index contributed by atoms with van der Waals surface area (Å²) in [6, 6.07) is 0. The van der Waals surface area contributed by atoms with Crippen LogP contribution in [0.1, 0.15) is 24.5 Å². The molecular formula is C9H11BrN2. The maximum atomic E-state index is 6.10. The zero-order chi connectivity index (χ0) is 8.77. The molecule has 0 saturated heterocycles. The van der Waals surface area contributed by atoms with Gasteiger partial charge in [0.25, 0.3) is 0 Å². The molecule has 1 atom stereocenters. The summed E-state index contributed by atoms with van der Waals surface area (Å²) < 4.78 is 1.09. The van der Waals surface area contributed by atoms with Gasteiger partial charge < -0.3 is 5.73 Å². The van der Waals surface area contributed by atoms with E-state index in [1.165, 1.54) is 11.1 Å². The Bertz CT molecular complexity index is 320. The summed E-state index contributed by atoms with van der Waals surface area (Å²) >= 11 is 3.48. The molecule has 1 aromatic heterocycles. The van der Waals surface area contributed by atoms with Crippen LogP contribution in [-0.2, 0) is 12.0 Å². The summed E-state index contributed by atoms with van der Waals surface area (Å²) in [4.78, 5) is 4.12. The van der Waals surface area contributed by atoms with E-state index < -0.39 is 0 Å². The molecule has 12 heavy (non-hydrogen) atoms.